The summed E-state index contributed by atoms with van der Waals surface area (Å²) in [6, 6.07) is 11.8. The van der Waals surface area contributed by atoms with Crippen LogP contribution in [0, 0.1) is 11.3 Å². The van der Waals surface area contributed by atoms with E-state index in [-0.39, 0.29) is 5.91 Å². The molecular formula is C22H20N4O2S2. The molecule has 30 heavy (non-hydrogen) atoms. The zero-order chi connectivity index (χ0) is 21.1. The topological polar surface area (TPSA) is 87.9 Å². The van der Waals surface area contributed by atoms with E-state index < -0.39 is 5.25 Å². The molecule has 1 N–H and O–H groups in total. The van der Waals surface area contributed by atoms with Crippen LogP contribution in [0.3, 0.4) is 0 Å². The number of thiazole rings is 1. The highest BCUT2D eigenvalue weighted by atomic mass is 32.2. The van der Waals surface area contributed by atoms with Gasteiger partial charge in [0.25, 0.3) is 0 Å². The second kappa shape index (κ2) is 8.86. The van der Waals surface area contributed by atoms with Crippen LogP contribution in [0.5, 0.6) is 5.75 Å². The fourth-order valence-electron chi connectivity index (χ4n) is 3.30. The molecule has 0 saturated carbocycles. The molecule has 1 aliphatic carbocycles. The number of nitriles is 1. The standard InChI is InChI=1S/C22H20N4O2S2/c1-13(30-21-16(11-23)9-14-6-4-8-18(14)24-21)20(27)26-22-25-19(12-29-22)15-5-3-7-17(10-15)28-2/h3,5,7,9-10,12-13H,4,6,8H2,1-2H3,(H,25,26,27). The van der Waals surface area contributed by atoms with Crippen molar-refractivity contribution in [2.75, 3.05) is 12.4 Å². The van der Waals surface area contributed by atoms with Gasteiger partial charge in [-0.3, -0.25) is 4.79 Å². The number of amides is 1. The van der Waals surface area contributed by atoms with Gasteiger partial charge in [-0.05, 0) is 49.9 Å². The number of pyridine rings is 1. The molecule has 0 radical (unpaired) electrons. The summed E-state index contributed by atoms with van der Waals surface area (Å²) in [4.78, 5) is 21.9. The summed E-state index contributed by atoms with van der Waals surface area (Å²) in [7, 11) is 1.62. The van der Waals surface area contributed by atoms with Crippen molar-refractivity contribution >= 4 is 34.1 Å². The van der Waals surface area contributed by atoms with Gasteiger partial charge in [-0.2, -0.15) is 5.26 Å². The van der Waals surface area contributed by atoms with Gasteiger partial charge in [-0.25, -0.2) is 9.97 Å². The average Bonchev–Trinajstić information content (AvgIpc) is 3.42. The molecular weight excluding hydrogens is 416 g/mol. The zero-order valence-corrected chi connectivity index (χ0v) is 18.3. The van der Waals surface area contributed by atoms with Crippen LogP contribution in [0.2, 0.25) is 0 Å². The highest BCUT2D eigenvalue weighted by Gasteiger charge is 2.22. The third kappa shape index (κ3) is 4.32. The summed E-state index contributed by atoms with van der Waals surface area (Å²) in [6.45, 7) is 1.81. The van der Waals surface area contributed by atoms with Gasteiger partial charge in [0.2, 0.25) is 5.91 Å². The first-order valence-corrected chi connectivity index (χ1v) is 11.3. The Kier molecular flexibility index (Phi) is 6.02. The Morgan fingerprint density at radius 1 is 1.33 bits per heavy atom. The summed E-state index contributed by atoms with van der Waals surface area (Å²) < 4.78 is 5.26. The fourth-order valence-corrected chi connectivity index (χ4v) is 4.92. The number of nitrogens with one attached hydrogen (secondary N) is 1. The van der Waals surface area contributed by atoms with Crippen LogP contribution in [0.1, 0.15) is 30.2 Å². The van der Waals surface area contributed by atoms with Crippen LogP contribution in [0.4, 0.5) is 5.13 Å². The fraction of sp³-hybridized carbons (Fsp3) is 0.273. The molecule has 2 aromatic heterocycles. The van der Waals surface area contributed by atoms with Crippen molar-refractivity contribution in [2.24, 2.45) is 0 Å². The predicted molar refractivity (Wildman–Crippen MR) is 119 cm³/mol. The van der Waals surface area contributed by atoms with Crippen molar-refractivity contribution in [3.05, 3.63) is 52.5 Å². The van der Waals surface area contributed by atoms with E-state index in [2.05, 4.69) is 21.4 Å². The van der Waals surface area contributed by atoms with Crippen LogP contribution in [-0.2, 0) is 17.6 Å². The Labute approximate surface area is 183 Å². The Morgan fingerprint density at radius 2 is 2.20 bits per heavy atom. The second-order valence-electron chi connectivity index (χ2n) is 6.93. The number of methoxy groups -OCH3 is 1. The number of thioether (sulfide) groups is 1. The van der Waals surface area contributed by atoms with Crippen LogP contribution in [-0.4, -0.2) is 28.2 Å². The average molecular weight is 437 g/mol. The molecule has 1 aromatic carbocycles. The van der Waals surface area contributed by atoms with E-state index >= 15 is 0 Å². The lowest BCUT2D eigenvalue weighted by molar-refractivity contribution is -0.115. The largest absolute Gasteiger partial charge is 0.497 e. The van der Waals surface area contributed by atoms with Crippen LogP contribution >= 0.6 is 23.1 Å². The third-order valence-electron chi connectivity index (χ3n) is 4.89. The van der Waals surface area contributed by atoms with E-state index in [1.54, 1.807) is 7.11 Å². The normalized spacial score (nSPS) is 13.4. The number of carbonyl (C=O) groups excluding carboxylic acids is 1. The highest BCUT2D eigenvalue weighted by Crippen LogP contribution is 2.31. The minimum absolute atomic E-state index is 0.169. The lowest BCUT2D eigenvalue weighted by atomic mass is 10.2. The molecule has 0 spiro atoms. The second-order valence-corrected chi connectivity index (χ2v) is 9.12. The molecule has 152 valence electrons. The molecule has 6 nitrogen and oxygen atoms in total. The molecule has 0 saturated heterocycles. The van der Waals surface area contributed by atoms with Crippen LogP contribution in [0.15, 0.2) is 40.7 Å². The number of anilines is 1. The number of rotatable bonds is 6. The van der Waals surface area contributed by atoms with Gasteiger partial charge >= 0.3 is 0 Å². The third-order valence-corrected chi connectivity index (χ3v) is 6.75. The SMILES string of the molecule is COc1cccc(-c2csc(NC(=O)C(C)Sc3nc4c(cc3C#N)CCC4)n2)c1. The molecule has 1 atom stereocenters. The molecule has 3 aromatic rings. The monoisotopic (exact) mass is 436 g/mol. The summed E-state index contributed by atoms with van der Waals surface area (Å²) in [5.41, 5.74) is 4.44. The van der Waals surface area contributed by atoms with E-state index in [1.807, 2.05) is 42.6 Å². The first kappa shape index (κ1) is 20.4. The van der Waals surface area contributed by atoms with E-state index in [9.17, 15) is 10.1 Å². The number of ether oxygens (including phenoxy) is 1. The van der Waals surface area contributed by atoms with Crippen molar-refractivity contribution in [2.45, 2.75) is 36.5 Å². The maximum Gasteiger partial charge on any atom is 0.239 e. The van der Waals surface area contributed by atoms with Crippen molar-refractivity contribution in [1.29, 1.82) is 5.26 Å². The van der Waals surface area contributed by atoms with E-state index in [0.29, 0.717) is 15.7 Å². The number of hydrogen-bond donors (Lipinski definition) is 1. The number of carbonyl (C=O) groups is 1. The minimum Gasteiger partial charge on any atom is -0.497 e. The van der Waals surface area contributed by atoms with Crippen molar-refractivity contribution in [3.63, 3.8) is 0 Å². The first-order chi connectivity index (χ1) is 14.6. The summed E-state index contributed by atoms with van der Waals surface area (Å²) in [5.74, 6) is 0.587. The van der Waals surface area contributed by atoms with Gasteiger partial charge in [0.05, 0.1) is 23.6 Å². The van der Waals surface area contributed by atoms with Crippen LogP contribution < -0.4 is 10.1 Å². The number of aromatic nitrogens is 2. The first-order valence-electron chi connectivity index (χ1n) is 9.57. The van der Waals surface area contributed by atoms with E-state index in [0.717, 1.165) is 47.5 Å². The smallest absolute Gasteiger partial charge is 0.239 e. The van der Waals surface area contributed by atoms with Crippen LogP contribution in [0.25, 0.3) is 11.3 Å². The number of aryl methyl sites for hydroxylation is 2. The molecule has 0 bridgehead atoms. The zero-order valence-electron chi connectivity index (χ0n) is 16.6. The van der Waals surface area contributed by atoms with E-state index in [4.69, 9.17) is 4.74 Å². The number of benzene rings is 1. The molecule has 2 heterocycles. The summed E-state index contributed by atoms with van der Waals surface area (Å²) in [5, 5.41) is 15.0. The molecule has 4 rings (SSSR count). The summed E-state index contributed by atoms with van der Waals surface area (Å²) >= 11 is 2.68. The van der Waals surface area contributed by atoms with Crippen molar-refractivity contribution in [1.82, 2.24) is 9.97 Å². The molecule has 1 aliphatic rings. The Hall–Kier alpha value is -2.89. The Morgan fingerprint density at radius 3 is 3.00 bits per heavy atom. The predicted octanol–water partition coefficient (Wildman–Crippen LogP) is 4.69. The van der Waals surface area contributed by atoms with Gasteiger partial charge in [0.1, 0.15) is 16.8 Å². The maximum atomic E-state index is 12.7. The van der Waals surface area contributed by atoms with Gasteiger partial charge in [0, 0.05) is 16.6 Å². The Balaban J connectivity index is 1.45. The molecule has 1 unspecified atom stereocenters. The van der Waals surface area contributed by atoms with E-state index in [1.165, 1.54) is 23.1 Å². The maximum absolute atomic E-state index is 12.7. The number of nitrogens with zero attached hydrogens (tertiary/aromatic N) is 3. The Bertz CT molecular complexity index is 1140. The quantitative estimate of drug-likeness (QED) is 0.564. The number of hydrogen-bond acceptors (Lipinski definition) is 7. The molecule has 1 amide bonds. The van der Waals surface area contributed by atoms with Gasteiger partial charge in [-0.1, -0.05) is 23.9 Å². The highest BCUT2D eigenvalue weighted by molar-refractivity contribution is 8.00. The van der Waals surface area contributed by atoms with Gasteiger partial charge < -0.3 is 10.1 Å². The molecule has 0 aliphatic heterocycles. The lowest BCUT2D eigenvalue weighted by Gasteiger charge is -2.12. The molecule has 0 fully saturated rings. The molecule has 8 heteroatoms. The van der Waals surface area contributed by atoms with Crippen molar-refractivity contribution in [3.8, 4) is 23.1 Å². The van der Waals surface area contributed by atoms with Gasteiger partial charge in [-0.15, -0.1) is 11.3 Å². The lowest BCUT2D eigenvalue weighted by Crippen LogP contribution is -2.22. The summed E-state index contributed by atoms with van der Waals surface area (Å²) in [6.07, 6.45) is 2.97. The van der Waals surface area contributed by atoms with Crippen molar-refractivity contribution < 1.29 is 9.53 Å². The van der Waals surface area contributed by atoms with Gasteiger partial charge in [0.15, 0.2) is 5.13 Å². The number of fused-ring (bicyclic) bond motifs is 1. The minimum atomic E-state index is -0.409.